The van der Waals surface area contributed by atoms with E-state index < -0.39 is 42.4 Å². The molecule has 0 heterocycles. The van der Waals surface area contributed by atoms with Crippen LogP contribution in [0.3, 0.4) is 0 Å². The number of carbonyl (C=O) groups excluding carboxylic acids is 2. The third-order valence-electron chi connectivity index (χ3n) is 7.07. The van der Waals surface area contributed by atoms with E-state index in [2.05, 4.69) is 10.3 Å². The lowest BCUT2D eigenvalue weighted by Crippen LogP contribution is -2.57. The summed E-state index contributed by atoms with van der Waals surface area (Å²) in [5.74, 6) is -3.23. The van der Waals surface area contributed by atoms with Gasteiger partial charge in [-0.2, -0.15) is 0 Å². The quantitative estimate of drug-likeness (QED) is 0.0303. The molecule has 2 aromatic rings. The molecule has 2 aromatic carbocycles. The fourth-order valence-electron chi connectivity index (χ4n) is 4.97. The molecule has 14 nitrogen and oxygen atoms in total. The van der Waals surface area contributed by atoms with E-state index in [-0.39, 0.29) is 63.9 Å². The Labute approximate surface area is 276 Å². The smallest absolute Gasteiger partial charge is 0.347 e. The number of hydrogen-bond donors (Lipinski definition) is 3. The van der Waals surface area contributed by atoms with Gasteiger partial charge in [0, 0.05) is 6.54 Å². The largest absolute Gasteiger partial charge is 0.459 e. The first-order valence-corrected chi connectivity index (χ1v) is 17.4. The predicted molar refractivity (Wildman–Crippen MR) is 180 cm³/mol. The third-order valence-corrected chi connectivity index (χ3v) is 9.48. The van der Waals surface area contributed by atoms with Gasteiger partial charge in [0.25, 0.3) is 0 Å². The van der Waals surface area contributed by atoms with Gasteiger partial charge in [-0.15, -0.1) is 0 Å². The fourth-order valence-corrected chi connectivity index (χ4v) is 6.93. The molecule has 0 saturated carbocycles. The highest BCUT2D eigenvalue weighted by Gasteiger charge is 2.45. The number of hydrogen-bond acceptors (Lipinski definition) is 10. The summed E-state index contributed by atoms with van der Waals surface area (Å²) in [6.45, 7) is 7.15. The summed E-state index contributed by atoms with van der Waals surface area (Å²) in [5, 5.41) is 15.1. The average Bonchev–Trinajstić information content (AvgIpc) is 3.03. The first-order chi connectivity index (χ1) is 22.4. The van der Waals surface area contributed by atoms with Crippen molar-refractivity contribution in [2.75, 3.05) is 19.8 Å². The highest BCUT2D eigenvalue weighted by molar-refractivity contribution is 7.54. The molecule has 1 amide bonds. The lowest BCUT2D eigenvalue weighted by molar-refractivity contribution is -0.641. The Balaban J connectivity index is 2.48. The van der Waals surface area contributed by atoms with E-state index in [4.69, 9.17) is 25.3 Å². The minimum Gasteiger partial charge on any atom is -0.459 e. The monoisotopic (exact) mass is 676 g/mol. The van der Waals surface area contributed by atoms with Gasteiger partial charge in [-0.1, -0.05) is 74.5 Å². The number of guanidine groups is 1. The molecule has 5 N–H and O–H groups in total. The van der Waals surface area contributed by atoms with Gasteiger partial charge in [-0.25, -0.2) is 14.9 Å². The maximum absolute atomic E-state index is 14.2. The Morgan fingerprint density at radius 2 is 1.55 bits per heavy atom. The van der Waals surface area contributed by atoms with Crippen LogP contribution in [0.5, 0.6) is 0 Å². The number of esters is 1. The Morgan fingerprint density at radius 3 is 2.06 bits per heavy atom. The van der Waals surface area contributed by atoms with E-state index in [1.54, 1.807) is 44.2 Å². The van der Waals surface area contributed by atoms with Gasteiger partial charge >= 0.3 is 19.5 Å². The van der Waals surface area contributed by atoms with Crippen molar-refractivity contribution in [2.45, 2.75) is 84.3 Å². The van der Waals surface area contributed by atoms with Crippen molar-refractivity contribution in [1.82, 2.24) is 10.3 Å². The summed E-state index contributed by atoms with van der Waals surface area (Å²) < 4.78 is 30.9. The van der Waals surface area contributed by atoms with Crippen molar-refractivity contribution < 1.29 is 33.0 Å². The third kappa shape index (κ3) is 13.4. The van der Waals surface area contributed by atoms with Crippen LogP contribution < -0.4 is 16.8 Å². The van der Waals surface area contributed by atoms with E-state index >= 15 is 0 Å². The number of amides is 1. The normalized spacial score (nSPS) is 13.4. The number of nitrogens with two attached hydrogens (primary N) is 2. The molecule has 47 heavy (non-hydrogen) atoms. The number of aliphatic imine (C=N–C) groups is 1. The number of rotatable bonds is 22. The van der Waals surface area contributed by atoms with Crippen molar-refractivity contribution in [2.24, 2.45) is 22.4 Å². The van der Waals surface area contributed by atoms with Crippen molar-refractivity contribution in [1.29, 1.82) is 0 Å². The number of hydrazine groups is 1. The topological polar surface area (TPSA) is 202 Å². The molecule has 1 unspecified atom stereocenters. The highest BCUT2D eigenvalue weighted by Crippen LogP contribution is 2.53. The second-order valence-electron chi connectivity index (χ2n) is 11.2. The molecule has 0 spiro atoms. The van der Waals surface area contributed by atoms with Gasteiger partial charge in [-0.05, 0) is 68.0 Å². The lowest BCUT2D eigenvalue weighted by atomic mass is 10.0. The van der Waals surface area contributed by atoms with Crippen LogP contribution in [0.1, 0.15) is 64.5 Å². The van der Waals surface area contributed by atoms with Crippen LogP contribution in [0.4, 0.5) is 0 Å². The van der Waals surface area contributed by atoms with Gasteiger partial charge in [-0.3, -0.25) is 19.7 Å². The summed E-state index contributed by atoms with van der Waals surface area (Å²) >= 11 is 0. The number of nitrogens with zero attached hydrogens (tertiary/aromatic N) is 3. The summed E-state index contributed by atoms with van der Waals surface area (Å²) in [5.41, 5.74) is 12.5. The average molecular weight is 677 g/mol. The molecule has 0 aliphatic carbocycles. The van der Waals surface area contributed by atoms with Crippen LogP contribution >= 0.6 is 7.60 Å². The molecule has 0 aliphatic heterocycles. The molecule has 15 heteroatoms. The SMILES string of the molecule is CCOP(=O)(OCC)C(CCc1ccccc1)N[C@@H](CC(C)C)C(=O)N([C@@H](CCCN=C(N)N)C(=O)OCc1ccccc1)[N+](=O)[O-]. The van der Waals surface area contributed by atoms with Crippen molar-refractivity contribution in [3.8, 4) is 0 Å². The van der Waals surface area contributed by atoms with E-state index in [9.17, 15) is 24.3 Å². The van der Waals surface area contributed by atoms with Crippen LogP contribution in [0.15, 0.2) is 65.7 Å². The Kier molecular flexibility index (Phi) is 17.1. The van der Waals surface area contributed by atoms with Gasteiger partial charge < -0.3 is 25.3 Å². The van der Waals surface area contributed by atoms with Crippen molar-refractivity contribution in [3.63, 3.8) is 0 Å². The summed E-state index contributed by atoms with van der Waals surface area (Å²) in [4.78, 5) is 44.1. The number of carbonyl (C=O) groups is 2. The maximum atomic E-state index is 14.2. The molecule has 2 rings (SSSR count). The molecule has 0 radical (unpaired) electrons. The molecular weight excluding hydrogens is 627 g/mol. The van der Waals surface area contributed by atoms with Crippen molar-refractivity contribution in [3.05, 3.63) is 81.9 Å². The first kappa shape index (κ1) is 39.3. The van der Waals surface area contributed by atoms with E-state index in [1.165, 1.54) is 0 Å². The number of nitrogens with one attached hydrogen (secondary N) is 1. The second kappa shape index (κ2) is 20.4. The minimum atomic E-state index is -3.86. The lowest BCUT2D eigenvalue weighted by Gasteiger charge is -2.32. The Hall–Kier alpha value is -3.84. The van der Waals surface area contributed by atoms with Crippen LogP contribution in [0.2, 0.25) is 0 Å². The zero-order valence-corrected chi connectivity index (χ0v) is 28.6. The number of nitro groups is 1. The zero-order chi connectivity index (χ0) is 34.8. The van der Waals surface area contributed by atoms with Gasteiger partial charge in [0.05, 0.1) is 19.3 Å². The minimum absolute atomic E-state index is 0.0751. The molecule has 0 aliphatic rings. The van der Waals surface area contributed by atoms with Gasteiger partial charge in [0.2, 0.25) is 0 Å². The molecule has 0 fully saturated rings. The van der Waals surface area contributed by atoms with E-state index in [1.807, 2.05) is 44.2 Å². The molecule has 0 saturated heterocycles. The molecule has 0 bridgehead atoms. The van der Waals surface area contributed by atoms with E-state index in [0.717, 1.165) is 5.56 Å². The highest BCUT2D eigenvalue weighted by atomic mass is 31.2. The van der Waals surface area contributed by atoms with Crippen LogP contribution in [0.25, 0.3) is 0 Å². The van der Waals surface area contributed by atoms with E-state index in [0.29, 0.717) is 17.0 Å². The Bertz CT molecular complexity index is 1320. The van der Waals surface area contributed by atoms with Crippen LogP contribution in [-0.2, 0) is 41.0 Å². The van der Waals surface area contributed by atoms with Crippen molar-refractivity contribution >= 4 is 25.4 Å². The molecule has 3 atom stereocenters. The number of aryl methyl sites for hydroxylation is 1. The zero-order valence-electron chi connectivity index (χ0n) is 27.7. The summed E-state index contributed by atoms with van der Waals surface area (Å²) in [7, 11) is -3.86. The summed E-state index contributed by atoms with van der Waals surface area (Å²) in [6.07, 6.45) is 0.820. The standard InChI is InChI=1S/C32H49N6O8P/c1-5-45-47(43,46-6-2)29(20-19-25-14-9-7-10-15-25)36-27(22-24(3)4)30(39)37(38(41)42)28(18-13-21-35-32(33)34)31(40)44-23-26-16-11-8-12-17-26/h7-12,14-17,24,27-29,36H,5-6,13,18-23H2,1-4H3,(H4,33,34,35)/t27-,28-,29?/m0/s1. The molecule has 0 aromatic heterocycles. The Morgan fingerprint density at radius 1 is 0.979 bits per heavy atom. The number of ether oxygens (including phenoxy) is 1. The molecule has 260 valence electrons. The molecular formula is C32H49N6O8P. The van der Waals surface area contributed by atoms with Gasteiger partial charge in [0.15, 0.2) is 17.0 Å². The van der Waals surface area contributed by atoms with Crippen LogP contribution in [0, 0.1) is 16.0 Å². The second-order valence-corrected chi connectivity index (χ2v) is 13.5. The predicted octanol–water partition coefficient (Wildman–Crippen LogP) is 4.40. The summed E-state index contributed by atoms with van der Waals surface area (Å²) in [6, 6.07) is 15.5. The van der Waals surface area contributed by atoms with Crippen LogP contribution in [-0.4, -0.2) is 65.5 Å². The fraction of sp³-hybridized carbons (Fsp3) is 0.531. The number of benzene rings is 2. The van der Waals surface area contributed by atoms with Gasteiger partial charge in [0.1, 0.15) is 12.4 Å². The first-order valence-electron chi connectivity index (χ1n) is 15.8. The maximum Gasteiger partial charge on any atom is 0.347 e.